The van der Waals surface area contributed by atoms with Crippen molar-refractivity contribution < 1.29 is 4.74 Å². The summed E-state index contributed by atoms with van der Waals surface area (Å²) >= 11 is 12.0. The lowest BCUT2D eigenvalue weighted by Gasteiger charge is -2.29. The van der Waals surface area contributed by atoms with E-state index in [1.54, 1.807) is 0 Å². The molecule has 3 rings (SSSR count). The molecule has 0 radical (unpaired) electrons. The van der Waals surface area contributed by atoms with E-state index in [9.17, 15) is 0 Å². The van der Waals surface area contributed by atoms with E-state index in [-0.39, 0.29) is 11.5 Å². The van der Waals surface area contributed by atoms with Crippen LogP contribution in [0.2, 0.25) is 10.0 Å². The molecule has 2 aromatic carbocycles. The Bertz CT molecular complexity index is 586. The summed E-state index contributed by atoms with van der Waals surface area (Å²) in [5.41, 5.74) is 2.24. The fraction of sp³-hybridized carbons (Fsp3) is 0.222. The van der Waals surface area contributed by atoms with Crippen LogP contribution in [0.4, 0.5) is 0 Å². The molecule has 0 bridgehead atoms. The highest BCUT2D eigenvalue weighted by Gasteiger charge is 2.42. The van der Waals surface area contributed by atoms with E-state index in [0.717, 1.165) is 16.5 Å². The van der Waals surface area contributed by atoms with Crippen LogP contribution in [-0.4, -0.2) is 12.7 Å². The van der Waals surface area contributed by atoms with E-state index < -0.39 is 0 Å². The van der Waals surface area contributed by atoms with Crippen molar-refractivity contribution in [3.05, 3.63) is 82.4 Å². The van der Waals surface area contributed by atoms with Crippen molar-refractivity contribution >= 4 is 23.2 Å². The molecule has 0 aliphatic carbocycles. The SMILES string of the molecule is C=C[C@H]1CC(c2ccc(Cl)cc2)(c2ccc(Cl)cc2)CO1. The van der Waals surface area contributed by atoms with Crippen molar-refractivity contribution in [1.29, 1.82) is 0 Å². The standard InChI is InChI=1S/C18H16Cl2O/c1-2-17-11-18(12-21-17,13-3-7-15(19)8-4-13)14-5-9-16(20)10-6-14/h2-10,17H,1,11-12H2/t17-/m0/s1. The average molecular weight is 319 g/mol. The molecule has 0 unspecified atom stereocenters. The summed E-state index contributed by atoms with van der Waals surface area (Å²) in [7, 11) is 0. The van der Waals surface area contributed by atoms with Gasteiger partial charge in [0.25, 0.3) is 0 Å². The quantitative estimate of drug-likeness (QED) is 0.702. The topological polar surface area (TPSA) is 9.23 Å². The fourth-order valence-electron chi connectivity index (χ4n) is 2.97. The van der Waals surface area contributed by atoms with Crippen molar-refractivity contribution in [2.75, 3.05) is 6.61 Å². The number of hydrogen-bond acceptors (Lipinski definition) is 1. The normalized spacial score (nSPS) is 20.4. The van der Waals surface area contributed by atoms with Crippen molar-refractivity contribution in [2.24, 2.45) is 0 Å². The first-order chi connectivity index (χ1) is 10.1. The van der Waals surface area contributed by atoms with Crippen LogP contribution >= 0.6 is 23.2 Å². The van der Waals surface area contributed by atoms with E-state index in [1.165, 1.54) is 11.1 Å². The molecule has 108 valence electrons. The molecule has 1 fully saturated rings. The van der Waals surface area contributed by atoms with Crippen LogP contribution in [0.15, 0.2) is 61.2 Å². The Labute approximate surface area is 135 Å². The minimum Gasteiger partial charge on any atom is -0.373 e. The summed E-state index contributed by atoms with van der Waals surface area (Å²) in [6.45, 7) is 4.49. The predicted octanol–water partition coefficient (Wildman–Crippen LogP) is 5.25. The Morgan fingerprint density at radius 2 is 1.43 bits per heavy atom. The highest BCUT2D eigenvalue weighted by Crippen LogP contribution is 2.43. The smallest absolute Gasteiger partial charge is 0.0766 e. The first-order valence-electron chi connectivity index (χ1n) is 6.90. The molecule has 1 nitrogen and oxygen atoms in total. The van der Waals surface area contributed by atoms with Crippen LogP contribution in [0.1, 0.15) is 17.5 Å². The highest BCUT2D eigenvalue weighted by atomic mass is 35.5. The van der Waals surface area contributed by atoms with Gasteiger partial charge >= 0.3 is 0 Å². The third-order valence-electron chi connectivity index (χ3n) is 4.15. The predicted molar refractivity (Wildman–Crippen MR) is 88.2 cm³/mol. The maximum atomic E-state index is 6.02. The zero-order valence-electron chi connectivity index (χ0n) is 11.6. The second-order valence-electron chi connectivity index (χ2n) is 5.39. The largest absolute Gasteiger partial charge is 0.373 e. The molecule has 1 aliphatic rings. The van der Waals surface area contributed by atoms with Gasteiger partial charge in [-0.25, -0.2) is 0 Å². The number of halogens is 2. The third-order valence-corrected chi connectivity index (χ3v) is 4.65. The van der Waals surface area contributed by atoms with Gasteiger partial charge in [0.05, 0.1) is 12.7 Å². The van der Waals surface area contributed by atoms with E-state index >= 15 is 0 Å². The molecule has 2 aromatic rings. The third kappa shape index (κ3) is 2.74. The molecule has 3 heteroatoms. The molecule has 1 saturated heterocycles. The Hall–Kier alpha value is -1.28. The molecule has 1 atom stereocenters. The Balaban J connectivity index is 2.09. The molecular weight excluding hydrogens is 303 g/mol. The molecule has 0 saturated carbocycles. The van der Waals surface area contributed by atoms with Crippen LogP contribution in [0, 0.1) is 0 Å². The molecule has 1 aliphatic heterocycles. The van der Waals surface area contributed by atoms with Gasteiger partial charge in [0, 0.05) is 15.5 Å². The zero-order chi connectivity index (χ0) is 14.9. The summed E-state index contributed by atoms with van der Waals surface area (Å²) in [5.74, 6) is 0. The van der Waals surface area contributed by atoms with Crippen LogP contribution in [0.25, 0.3) is 0 Å². The lowest BCUT2D eigenvalue weighted by molar-refractivity contribution is 0.138. The molecule has 21 heavy (non-hydrogen) atoms. The number of rotatable bonds is 3. The lowest BCUT2D eigenvalue weighted by Crippen LogP contribution is -2.28. The van der Waals surface area contributed by atoms with E-state index in [0.29, 0.717) is 6.61 Å². The Morgan fingerprint density at radius 3 is 1.81 bits per heavy atom. The van der Waals surface area contributed by atoms with Crippen LogP contribution < -0.4 is 0 Å². The zero-order valence-corrected chi connectivity index (χ0v) is 13.1. The van der Waals surface area contributed by atoms with Crippen LogP contribution in [0.5, 0.6) is 0 Å². The molecular formula is C18H16Cl2O. The summed E-state index contributed by atoms with van der Waals surface area (Å²) in [6.07, 6.45) is 2.81. The molecule has 1 heterocycles. The lowest BCUT2D eigenvalue weighted by atomic mass is 9.73. The van der Waals surface area contributed by atoms with Gasteiger partial charge in [-0.3, -0.25) is 0 Å². The summed E-state index contributed by atoms with van der Waals surface area (Å²) in [5, 5.41) is 1.48. The second kappa shape index (κ2) is 5.84. The molecule has 0 spiro atoms. The van der Waals surface area contributed by atoms with Crippen molar-refractivity contribution in [1.82, 2.24) is 0 Å². The summed E-state index contributed by atoms with van der Waals surface area (Å²) < 4.78 is 5.90. The summed E-state index contributed by atoms with van der Waals surface area (Å²) in [4.78, 5) is 0. The minimum absolute atomic E-state index is 0.0661. The van der Waals surface area contributed by atoms with Crippen molar-refractivity contribution in [3.63, 3.8) is 0 Å². The van der Waals surface area contributed by atoms with Gasteiger partial charge in [-0.15, -0.1) is 6.58 Å². The molecule has 0 amide bonds. The van der Waals surface area contributed by atoms with E-state index in [2.05, 4.69) is 30.8 Å². The summed E-state index contributed by atoms with van der Waals surface area (Å²) in [6, 6.07) is 16.0. The van der Waals surface area contributed by atoms with Gasteiger partial charge < -0.3 is 4.74 Å². The maximum Gasteiger partial charge on any atom is 0.0766 e. The van der Waals surface area contributed by atoms with Crippen molar-refractivity contribution in [2.45, 2.75) is 17.9 Å². The fourth-order valence-corrected chi connectivity index (χ4v) is 3.22. The number of benzene rings is 2. The van der Waals surface area contributed by atoms with Gasteiger partial charge in [-0.1, -0.05) is 53.5 Å². The van der Waals surface area contributed by atoms with Crippen molar-refractivity contribution in [3.8, 4) is 0 Å². The Kier molecular flexibility index (Phi) is 4.08. The highest BCUT2D eigenvalue weighted by molar-refractivity contribution is 6.30. The molecule has 0 aromatic heterocycles. The van der Waals surface area contributed by atoms with E-state index in [4.69, 9.17) is 27.9 Å². The monoisotopic (exact) mass is 318 g/mol. The van der Waals surface area contributed by atoms with Gasteiger partial charge in [-0.05, 0) is 41.8 Å². The first kappa shape index (κ1) is 14.6. The van der Waals surface area contributed by atoms with Gasteiger partial charge in [0.2, 0.25) is 0 Å². The first-order valence-corrected chi connectivity index (χ1v) is 7.66. The van der Waals surface area contributed by atoms with E-state index in [1.807, 2.05) is 30.3 Å². The van der Waals surface area contributed by atoms with Crippen LogP contribution in [0.3, 0.4) is 0 Å². The minimum atomic E-state index is -0.173. The van der Waals surface area contributed by atoms with Crippen LogP contribution in [-0.2, 0) is 10.2 Å². The molecule has 0 N–H and O–H groups in total. The van der Waals surface area contributed by atoms with Gasteiger partial charge in [-0.2, -0.15) is 0 Å². The maximum absolute atomic E-state index is 6.02. The average Bonchev–Trinajstić information content (AvgIpc) is 2.94. The van der Waals surface area contributed by atoms with Gasteiger partial charge in [0.1, 0.15) is 0 Å². The number of ether oxygens (including phenoxy) is 1. The van der Waals surface area contributed by atoms with Gasteiger partial charge in [0.15, 0.2) is 0 Å². The second-order valence-corrected chi connectivity index (χ2v) is 6.26. The Morgan fingerprint density at radius 1 is 0.952 bits per heavy atom. The number of hydrogen-bond donors (Lipinski definition) is 0.